The number of rotatable bonds is 4. The predicted octanol–water partition coefficient (Wildman–Crippen LogP) is 3.44. The summed E-state index contributed by atoms with van der Waals surface area (Å²) in [5.74, 6) is 1.37. The van der Waals surface area contributed by atoms with Crippen molar-refractivity contribution in [1.29, 1.82) is 0 Å². The molecule has 24 heavy (non-hydrogen) atoms. The molecule has 128 valence electrons. The van der Waals surface area contributed by atoms with E-state index in [-0.39, 0.29) is 5.41 Å². The number of carbonyl (C=O) groups is 2. The van der Waals surface area contributed by atoms with Crippen LogP contribution in [0.1, 0.15) is 38.5 Å². The molecule has 1 aromatic carbocycles. The van der Waals surface area contributed by atoms with Crippen molar-refractivity contribution in [2.45, 2.75) is 44.6 Å². The van der Waals surface area contributed by atoms with Crippen LogP contribution in [0.5, 0.6) is 5.75 Å². The van der Waals surface area contributed by atoms with Crippen molar-refractivity contribution < 1.29 is 19.4 Å². The molecule has 5 heteroatoms. The monoisotopic (exact) mass is 329 g/mol. The molecule has 4 saturated carbocycles. The Kier molecular flexibility index (Phi) is 3.74. The van der Waals surface area contributed by atoms with E-state index in [9.17, 15) is 14.7 Å². The van der Waals surface area contributed by atoms with Gasteiger partial charge < -0.3 is 15.2 Å². The zero-order chi connectivity index (χ0) is 16.7. The van der Waals surface area contributed by atoms with E-state index in [1.165, 1.54) is 19.3 Å². The lowest BCUT2D eigenvalue weighted by Gasteiger charge is -2.58. The van der Waals surface area contributed by atoms with Crippen LogP contribution in [-0.4, -0.2) is 23.2 Å². The quantitative estimate of drug-likeness (QED) is 0.887. The van der Waals surface area contributed by atoms with Crippen molar-refractivity contribution >= 4 is 12.1 Å². The predicted molar refractivity (Wildman–Crippen MR) is 87.6 cm³/mol. The molecule has 5 rings (SSSR count). The Morgan fingerprint density at radius 1 is 1.04 bits per heavy atom. The van der Waals surface area contributed by atoms with E-state index < -0.39 is 18.1 Å². The number of aliphatic carboxylic acids is 1. The van der Waals surface area contributed by atoms with Crippen LogP contribution in [0.3, 0.4) is 0 Å². The van der Waals surface area contributed by atoms with E-state index >= 15 is 0 Å². The Morgan fingerprint density at radius 3 is 2.08 bits per heavy atom. The van der Waals surface area contributed by atoms with Gasteiger partial charge in [0.15, 0.2) is 0 Å². The molecule has 4 aliphatic rings. The van der Waals surface area contributed by atoms with Gasteiger partial charge in [-0.25, -0.2) is 9.59 Å². The highest BCUT2D eigenvalue weighted by Gasteiger charge is 2.56. The zero-order valence-corrected chi connectivity index (χ0v) is 13.6. The van der Waals surface area contributed by atoms with Crippen LogP contribution in [0.25, 0.3) is 0 Å². The first-order valence-corrected chi connectivity index (χ1v) is 8.80. The molecule has 1 unspecified atom stereocenters. The molecule has 5 nitrogen and oxygen atoms in total. The van der Waals surface area contributed by atoms with Crippen LogP contribution in [0, 0.1) is 23.2 Å². The Morgan fingerprint density at radius 2 is 1.58 bits per heavy atom. The standard InChI is InChI=1S/C19H23NO4/c21-17(22)16(20-18(23)24-15-4-2-1-3-5-15)19-9-12-6-13(10-19)8-14(7-12)11-19/h1-5,12-14,16H,6-11H2,(H,20,23)(H,21,22). The highest BCUT2D eigenvalue weighted by Crippen LogP contribution is 2.61. The second kappa shape index (κ2) is 5.80. The molecule has 1 atom stereocenters. The molecule has 0 heterocycles. The average molecular weight is 329 g/mol. The SMILES string of the molecule is O=C(NC(C(=O)O)C12CC3CC(CC(C3)C1)C2)Oc1ccccc1. The highest BCUT2D eigenvalue weighted by molar-refractivity contribution is 5.81. The molecule has 0 spiro atoms. The summed E-state index contributed by atoms with van der Waals surface area (Å²) in [6, 6.07) is 7.88. The maximum Gasteiger partial charge on any atom is 0.413 e. The number of carbonyl (C=O) groups excluding carboxylic acids is 1. The fourth-order valence-electron chi connectivity index (χ4n) is 5.75. The molecule has 2 N–H and O–H groups in total. The van der Waals surface area contributed by atoms with Gasteiger partial charge in [0.1, 0.15) is 11.8 Å². The third kappa shape index (κ3) is 2.76. The van der Waals surface area contributed by atoms with Gasteiger partial charge in [-0.2, -0.15) is 0 Å². The van der Waals surface area contributed by atoms with E-state index in [0.29, 0.717) is 23.5 Å². The van der Waals surface area contributed by atoms with Gasteiger partial charge in [0.2, 0.25) is 0 Å². The van der Waals surface area contributed by atoms with Crippen molar-refractivity contribution in [2.24, 2.45) is 23.2 Å². The largest absolute Gasteiger partial charge is 0.480 e. The molecular formula is C19H23NO4. The third-order valence-corrected chi connectivity index (χ3v) is 6.16. The number of amides is 1. The second-order valence-electron chi connectivity index (χ2n) is 7.90. The number of carboxylic acid groups (broad SMARTS) is 1. The van der Waals surface area contributed by atoms with E-state index in [1.54, 1.807) is 24.3 Å². The first kappa shape index (κ1) is 15.5. The minimum Gasteiger partial charge on any atom is -0.480 e. The van der Waals surface area contributed by atoms with E-state index in [4.69, 9.17) is 4.74 Å². The number of ether oxygens (including phenoxy) is 1. The van der Waals surface area contributed by atoms with Crippen molar-refractivity contribution in [3.05, 3.63) is 30.3 Å². The average Bonchev–Trinajstić information content (AvgIpc) is 2.52. The molecule has 4 fully saturated rings. The lowest BCUT2D eigenvalue weighted by atomic mass is 9.47. The van der Waals surface area contributed by atoms with Crippen LogP contribution in [0.15, 0.2) is 30.3 Å². The van der Waals surface area contributed by atoms with Gasteiger partial charge in [-0.05, 0) is 68.4 Å². The summed E-state index contributed by atoms with van der Waals surface area (Å²) in [6.07, 6.45) is 5.79. The van der Waals surface area contributed by atoms with Crippen LogP contribution in [0.4, 0.5) is 4.79 Å². The summed E-state index contributed by atoms with van der Waals surface area (Å²) in [5.41, 5.74) is -0.295. The highest BCUT2D eigenvalue weighted by atomic mass is 16.6. The first-order valence-electron chi connectivity index (χ1n) is 8.80. The van der Waals surface area contributed by atoms with Gasteiger partial charge in [0.25, 0.3) is 0 Å². The van der Waals surface area contributed by atoms with Gasteiger partial charge in [-0.1, -0.05) is 18.2 Å². The maximum atomic E-state index is 12.2. The van der Waals surface area contributed by atoms with Crippen molar-refractivity contribution in [3.8, 4) is 5.75 Å². The molecule has 4 aliphatic carbocycles. The van der Waals surface area contributed by atoms with Crippen LogP contribution in [0.2, 0.25) is 0 Å². The van der Waals surface area contributed by atoms with Crippen molar-refractivity contribution in [2.75, 3.05) is 0 Å². The fraction of sp³-hybridized carbons (Fsp3) is 0.579. The summed E-state index contributed by atoms with van der Waals surface area (Å²) >= 11 is 0. The first-order chi connectivity index (χ1) is 11.5. The summed E-state index contributed by atoms with van der Waals surface area (Å²) < 4.78 is 5.24. The normalized spacial score (nSPS) is 34.6. The molecule has 0 saturated heterocycles. The molecule has 1 amide bonds. The number of hydrogen-bond donors (Lipinski definition) is 2. The lowest BCUT2D eigenvalue weighted by molar-refractivity contribution is -0.151. The van der Waals surface area contributed by atoms with E-state index in [1.807, 2.05) is 6.07 Å². The van der Waals surface area contributed by atoms with Crippen LogP contribution >= 0.6 is 0 Å². The second-order valence-corrected chi connectivity index (χ2v) is 7.90. The molecule has 0 radical (unpaired) electrons. The van der Waals surface area contributed by atoms with E-state index in [0.717, 1.165) is 19.3 Å². The van der Waals surface area contributed by atoms with Gasteiger partial charge in [-0.3, -0.25) is 0 Å². The van der Waals surface area contributed by atoms with Gasteiger partial charge in [0.05, 0.1) is 0 Å². The smallest absolute Gasteiger partial charge is 0.413 e. The maximum absolute atomic E-state index is 12.2. The van der Waals surface area contributed by atoms with E-state index in [2.05, 4.69) is 5.32 Å². The van der Waals surface area contributed by atoms with Gasteiger partial charge in [0, 0.05) is 5.41 Å². The Hall–Kier alpha value is -2.04. The number of nitrogens with one attached hydrogen (secondary N) is 1. The molecule has 0 aromatic heterocycles. The molecule has 0 aliphatic heterocycles. The number of benzene rings is 1. The summed E-state index contributed by atoms with van der Waals surface area (Å²) in [6.45, 7) is 0. The summed E-state index contributed by atoms with van der Waals surface area (Å²) in [4.78, 5) is 24.2. The topological polar surface area (TPSA) is 75.6 Å². The Balaban J connectivity index is 1.50. The minimum atomic E-state index is -0.943. The van der Waals surface area contributed by atoms with Gasteiger partial charge in [-0.15, -0.1) is 0 Å². The molecule has 1 aromatic rings. The van der Waals surface area contributed by atoms with Crippen LogP contribution < -0.4 is 10.1 Å². The number of hydrogen-bond acceptors (Lipinski definition) is 3. The molecular weight excluding hydrogens is 306 g/mol. The van der Waals surface area contributed by atoms with Gasteiger partial charge >= 0.3 is 12.1 Å². The Bertz CT molecular complexity index is 607. The zero-order valence-electron chi connectivity index (χ0n) is 13.6. The molecule has 4 bridgehead atoms. The van der Waals surface area contributed by atoms with Crippen LogP contribution in [-0.2, 0) is 4.79 Å². The summed E-state index contributed by atoms with van der Waals surface area (Å²) in [7, 11) is 0. The Labute approximate surface area is 141 Å². The number of para-hydroxylation sites is 1. The van der Waals surface area contributed by atoms with Crippen molar-refractivity contribution in [3.63, 3.8) is 0 Å². The number of carboxylic acids is 1. The minimum absolute atomic E-state index is 0.295. The fourth-order valence-corrected chi connectivity index (χ4v) is 5.75. The third-order valence-electron chi connectivity index (χ3n) is 6.16. The van der Waals surface area contributed by atoms with Crippen molar-refractivity contribution in [1.82, 2.24) is 5.32 Å². The lowest BCUT2D eigenvalue weighted by Crippen LogP contribution is -2.60. The summed E-state index contributed by atoms with van der Waals surface area (Å²) in [5, 5.41) is 12.4.